The molecule has 0 saturated carbocycles. The number of ether oxygens (including phenoxy) is 1. The van der Waals surface area contributed by atoms with Crippen LogP contribution in [0.25, 0.3) is 0 Å². The molecule has 0 aromatic heterocycles. The number of halogens is 1. The van der Waals surface area contributed by atoms with Gasteiger partial charge in [-0.1, -0.05) is 15.9 Å². The maximum Gasteiger partial charge on any atom is 0.0750 e. The van der Waals surface area contributed by atoms with Crippen molar-refractivity contribution in [2.24, 2.45) is 0 Å². The van der Waals surface area contributed by atoms with Crippen molar-refractivity contribution in [1.82, 2.24) is 0 Å². The number of anilines is 1. The van der Waals surface area contributed by atoms with Crippen LogP contribution in [0.2, 0.25) is 0 Å². The third-order valence-electron chi connectivity index (χ3n) is 3.38. The lowest BCUT2D eigenvalue weighted by Crippen LogP contribution is -2.32. The Morgan fingerprint density at radius 3 is 2.94 bits per heavy atom. The lowest BCUT2D eigenvalue weighted by Gasteiger charge is -2.28. The van der Waals surface area contributed by atoms with Gasteiger partial charge in [0.25, 0.3) is 0 Å². The molecule has 1 aliphatic rings. The van der Waals surface area contributed by atoms with Crippen molar-refractivity contribution >= 4 is 21.6 Å². The van der Waals surface area contributed by atoms with E-state index in [1.807, 2.05) is 12.1 Å². The number of aliphatic hydroxyl groups excluding tert-OH is 1. The fourth-order valence-corrected chi connectivity index (χ4v) is 2.83. The van der Waals surface area contributed by atoms with E-state index in [2.05, 4.69) is 33.8 Å². The molecule has 1 N–H and O–H groups in total. The van der Waals surface area contributed by atoms with Crippen LogP contribution in [0.3, 0.4) is 0 Å². The first kappa shape index (κ1) is 13.8. The number of likely N-dealkylation sites (N-methyl/N-ethyl adjacent to an activating group) is 1. The van der Waals surface area contributed by atoms with Gasteiger partial charge >= 0.3 is 0 Å². The Hall–Kier alpha value is -0.580. The van der Waals surface area contributed by atoms with Crippen molar-refractivity contribution in [3.05, 3.63) is 28.2 Å². The molecule has 0 radical (unpaired) electrons. The van der Waals surface area contributed by atoms with Crippen LogP contribution in [0.15, 0.2) is 22.7 Å². The fourth-order valence-electron chi connectivity index (χ4n) is 2.42. The fraction of sp³-hybridized carbons (Fsp3) is 0.571. The molecule has 0 amide bonds. The molecule has 1 aromatic carbocycles. The van der Waals surface area contributed by atoms with Gasteiger partial charge in [-0.2, -0.15) is 0 Å². The minimum absolute atomic E-state index is 0.0663. The molecular formula is C14H20BrNO2. The third-order valence-corrected chi connectivity index (χ3v) is 3.88. The molecule has 100 valence electrons. The summed E-state index contributed by atoms with van der Waals surface area (Å²) < 4.78 is 6.69. The highest BCUT2D eigenvalue weighted by Gasteiger charge is 2.20. The first-order valence-corrected chi connectivity index (χ1v) is 7.29. The number of hydrogen-bond acceptors (Lipinski definition) is 3. The largest absolute Gasteiger partial charge is 0.392 e. The van der Waals surface area contributed by atoms with Crippen molar-refractivity contribution in [3.8, 4) is 0 Å². The Morgan fingerprint density at radius 2 is 2.33 bits per heavy atom. The van der Waals surface area contributed by atoms with Crippen LogP contribution in [-0.2, 0) is 11.3 Å². The molecular weight excluding hydrogens is 294 g/mol. The van der Waals surface area contributed by atoms with Gasteiger partial charge in [-0.25, -0.2) is 0 Å². The van der Waals surface area contributed by atoms with E-state index in [4.69, 9.17) is 4.74 Å². The quantitative estimate of drug-likeness (QED) is 0.907. The van der Waals surface area contributed by atoms with Crippen LogP contribution in [-0.4, -0.2) is 30.9 Å². The molecule has 1 saturated heterocycles. The summed E-state index contributed by atoms with van der Waals surface area (Å²) >= 11 is 3.44. The maximum absolute atomic E-state index is 9.47. The monoisotopic (exact) mass is 313 g/mol. The minimum Gasteiger partial charge on any atom is -0.392 e. The van der Waals surface area contributed by atoms with Crippen LogP contribution < -0.4 is 4.90 Å². The zero-order valence-electron chi connectivity index (χ0n) is 10.7. The molecule has 1 fully saturated rings. The van der Waals surface area contributed by atoms with Crippen LogP contribution >= 0.6 is 15.9 Å². The highest BCUT2D eigenvalue weighted by Crippen LogP contribution is 2.26. The van der Waals surface area contributed by atoms with Crippen molar-refractivity contribution in [1.29, 1.82) is 0 Å². The van der Waals surface area contributed by atoms with Gasteiger partial charge < -0.3 is 14.7 Å². The van der Waals surface area contributed by atoms with Crippen molar-refractivity contribution < 1.29 is 9.84 Å². The molecule has 1 heterocycles. The Kier molecular flexibility index (Phi) is 5.03. The Bertz CT molecular complexity index is 391. The predicted octanol–water partition coefficient (Wildman–Crippen LogP) is 2.95. The summed E-state index contributed by atoms with van der Waals surface area (Å²) in [7, 11) is 0. The van der Waals surface area contributed by atoms with E-state index >= 15 is 0 Å². The van der Waals surface area contributed by atoms with Gasteiger partial charge in [0.05, 0.1) is 12.7 Å². The van der Waals surface area contributed by atoms with Crippen LogP contribution in [0, 0.1) is 0 Å². The average molecular weight is 314 g/mol. The highest BCUT2D eigenvalue weighted by atomic mass is 79.9. The molecule has 18 heavy (non-hydrogen) atoms. The third kappa shape index (κ3) is 3.25. The van der Waals surface area contributed by atoms with Crippen molar-refractivity contribution in [2.75, 3.05) is 24.6 Å². The second kappa shape index (κ2) is 6.55. The Labute approximate surface area is 117 Å². The summed E-state index contributed by atoms with van der Waals surface area (Å²) in [4.78, 5) is 2.29. The lowest BCUT2D eigenvalue weighted by atomic mass is 10.1. The average Bonchev–Trinajstić information content (AvgIpc) is 2.89. The SMILES string of the molecule is CCN(CC1CCCO1)c1ccc(Br)cc1CO. The molecule has 1 atom stereocenters. The van der Waals surface area contributed by atoms with E-state index in [9.17, 15) is 5.11 Å². The number of hydrogen-bond donors (Lipinski definition) is 1. The molecule has 2 rings (SSSR count). The topological polar surface area (TPSA) is 32.7 Å². The normalized spacial score (nSPS) is 19.2. The standard InChI is InChI=1S/C14H20BrNO2/c1-2-16(9-13-4-3-7-18-13)14-6-5-12(15)8-11(14)10-17/h5-6,8,13,17H,2-4,7,9-10H2,1H3. The summed E-state index contributed by atoms with van der Waals surface area (Å²) in [5, 5.41) is 9.47. The van der Waals surface area contributed by atoms with E-state index in [1.165, 1.54) is 0 Å². The molecule has 1 aliphatic heterocycles. The predicted molar refractivity (Wildman–Crippen MR) is 76.9 cm³/mol. The van der Waals surface area contributed by atoms with Crippen molar-refractivity contribution in [2.45, 2.75) is 32.5 Å². The first-order chi connectivity index (χ1) is 8.74. The summed E-state index contributed by atoms with van der Waals surface area (Å²) in [6, 6.07) is 6.06. The van der Waals surface area contributed by atoms with Crippen LogP contribution in [0.4, 0.5) is 5.69 Å². The van der Waals surface area contributed by atoms with Gasteiger partial charge in [0.1, 0.15) is 0 Å². The number of aliphatic hydroxyl groups is 1. The molecule has 3 nitrogen and oxygen atoms in total. The van der Waals surface area contributed by atoms with Gasteiger partial charge in [0.2, 0.25) is 0 Å². The van der Waals surface area contributed by atoms with E-state index < -0.39 is 0 Å². The van der Waals surface area contributed by atoms with Crippen LogP contribution in [0.1, 0.15) is 25.3 Å². The van der Waals surface area contributed by atoms with Crippen molar-refractivity contribution in [3.63, 3.8) is 0 Å². The summed E-state index contributed by atoms with van der Waals surface area (Å²) in [5.41, 5.74) is 2.07. The molecule has 4 heteroatoms. The van der Waals surface area contributed by atoms with E-state index in [0.717, 1.165) is 48.3 Å². The smallest absolute Gasteiger partial charge is 0.0750 e. The van der Waals surface area contributed by atoms with Crippen LogP contribution in [0.5, 0.6) is 0 Å². The van der Waals surface area contributed by atoms with Gasteiger partial charge in [-0.3, -0.25) is 0 Å². The van der Waals surface area contributed by atoms with E-state index in [-0.39, 0.29) is 6.61 Å². The van der Waals surface area contributed by atoms with Gasteiger partial charge in [-0.15, -0.1) is 0 Å². The minimum atomic E-state index is 0.0663. The van der Waals surface area contributed by atoms with Gasteiger partial charge in [0.15, 0.2) is 0 Å². The Balaban J connectivity index is 2.15. The zero-order valence-corrected chi connectivity index (χ0v) is 12.3. The molecule has 1 unspecified atom stereocenters. The summed E-state index contributed by atoms with van der Waals surface area (Å²) in [6.07, 6.45) is 2.64. The number of benzene rings is 1. The zero-order chi connectivity index (χ0) is 13.0. The van der Waals surface area contributed by atoms with E-state index in [0.29, 0.717) is 6.10 Å². The second-order valence-corrected chi connectivity index (χ2v) is 5.52. The first-order valence-electron chi connectivity index (χ1n) is 6.50. The molecule has 0 aliphatic carbocycles. The molecule has 1 aromatic rings. The summed E-state index contributed by atoms with van der Waals surface area (Å²) in [6.45, 7) is 4.92. The van der Waals surface area contributed by atoms with Gasteiger partial charge in [-0.05, 0) is 38.0 Å². The van der Waals surface area contributed by atoms with Gasteiger partial charge in [0, 0.05) is 35.4 Å². The molecule has 0 bridgehead atoms. The molecule has 0 spiro atoms. The van der Waals surface area contributed by atoms with E-state index in [1.54, 1.807) is 0 Å². The Morgan fingerprint density at radius 1 is 1.50 bits per heavy atom. The second-order valence-electron chi connectivity index (χ2n) is 4.60. The highest BCUT2D eigenvalue weighted by molar-refractivity contribution is 9.10. The summed E-state index contributed by atoms with van der Waals surface area (Å²) in [5.74, 6) is 0. The number of nitrogens with zero attached hydrogens (tertiary/aromatic N) is 1. The maximum atomic E-state index is 9.47. The number of rotatable bonds is 5. The lowest BCUT2D eigenvalue weighted by molar-refractivity contribution is 0.115.